The molecule has 5 rings (SSSR count). The minimum atomic E-state index is -0.0544. The van der Waals surface area contributed by atoms with Gasteiger partial charge in [-0.3, -0.25) is 4.79 Å². The van der Waals surface area contributed by atoms with Crippen molar-refractivity contribution in [1.82, 2.24) is 24.6 Å². The second-order valence-corrected chi connectivity index (χ2v) is 8.51. The highest BCUT2D eigenvalue weighted by atomic mass is 32.1. The maximum absolute atomic E-state index is 12.2. The zero-order chi connectivity index (χ0) is 21.4. The molecule has 7 nitrogen and oxygen atoms in total. The second-order valence-electron chi connectivity index (χ2n) is 7.60. The van der Waals surface area contributed by atoms with Gasteiger partial charge < -0.3 is 10.6 Å². The third-order valence-corrected chi connectivity index (χ3v) is 6.62. The van der Waals surface area contributed by atoms with Crippen molar-refractivity contribution in [3.05, 3.63) is 60.8 Å². The standard InChI is InChI=1S/C23H22N6OS/c1-2-19(30)28-10-6-9-17(12-28)29-23-20(22(24)25-14-26-23)21(27-29)18-11-16(13-31-18)15-7-4-3-5-8-15/h2-5,7-8,11,13-14,17H,1,6,9-10,12H2,(H2,24,25,26)/t17-/m1/s1. The Morgan fingerprint density at radius 3 is 2.87 bits per heavy atom. The zero-order valence-corrected chi connectivity index (χ0v) is 17.8. The molecule has 1 aliphatic heterocycles. The Bertz CT molecular complexity index is 1260. The summed E-state index contributed by atoms with van der Waals surface area (Å²) in [7, 11) is 0. The minimum Gasteiger partial charge on any atom is -0.383 e. The molecular formula is C23H22N6OS. The first-order valence-electron chi connectivity index (χ1n) is 10.2. The average molecular weight is 431 g/mol. The van der Waals surface area contributed by atoms with E-state index in [2.05, 4.69) is 40.1 Å². The topological polar surface area (TPSA) is 89.9 Å². The smallest absolute Gasteiger partial charge is 0.246 e. The highest BCUT2D eigenvalue weighted by molar-refractivity contribution is 7.14. The van der Waals surface area contributed by atoms with Crippen molar-refractivity contribution in [1.29, 1.82) is 0 Å². The predicted octanol–water partition coefficient (Wildman–Crippen LogP) is 4.15. The van der Waals surface area contributed by atoms with Crippen molar-refractivity contribution in [3.63, 3.8) is 0 Å². The molecule has 0 radical (unpaired) electrons. The van der Waals surface area contributed by atoms with Gasteiger partial charge in [-0.1, -0.05) is 36.9 Å². The molecule has 8 heteroatoms. The van der Waals surface area contributed by atoms with Crippen LogP contribution in [0.2, 0.25) is 0 Å². The maximum atomic E-state index is 12.2. The van der Waals surface area contributed by atoms with Gasteiger partial charge in [-0.2, -0.15) is 5.10 Å². The number of benzene rings is 1. The van der Waals surface area contributed by atoms with Crippen LogP contribution in [0.1, 0.15) is 18.9 Å². The Hall–Kier alpha value is -3.52. The van der Waals surface area contributed by atoms with Gasteiger partial charge in [0.2, 0.25) is 5.91 Å². The summed E-state index contributed by atoms with van der Waals surface area (Å²) in [5.74, 6) is 0.358. The van der Waals surface area contributed by atoms with Gasteiger partial charge in [0.15, 0.2) is 5.65 Å². The Balaban J connectivity index is 1.58. The number of nitrogens with two attached hydrogens (primary N) is 1. The van der Waals surface area contributed by atoms with Crippen molar-refractivity contribution in [2.75, 3.05) is 18.8 Å². The van der Waals surface area contributed by atoms with Crippen LogP contribution in [0.5, 0.6) is 0 Å². The van der Waals surface area contributed by atoms with Crippen molar-refractivity contribution in [2.24, 2.45) is 0 Å². The van der Waals surface area contributed by atoms with Gasteiger partial charge in [-0.05, 0) is 41.5 Å². The van der Waals surface area contributed by atoms with Gasteiger partial charge in [0.05, 0.1) is 16.3 Å². The van der Waals surface area contributed by atoms with Gasteiger partial charge >= 0.3 is 0 Å². The number of fused-ring (bicyclic) bond motifs is 1. The van der Waals surface area contributed by atoms with Gasteiger partial charge in [-0.15, -0.1) is 11.3 Å². The van der Waals surface area contributed by atoms with Gasteiger partial charge in [0.25, 0.3) is 0 Å². The fourth-order valence-electron chi connectivity index (χ4n) is 4.15. The zero-order valence-electron chi connectivity index (χ0n) is 16.9. The summed E-state index contributed by atoms with van der Waals surface area (Å²) in [4.78, 5) is 23.7. The summed E-state index contributed by atoms with van der Waals surface area (Å²) in [5, 5.41) is 7.84. The summed E-state index contributed by atoms with van der Waals surface area (Å²) in [5.41, 5.74) is 10.1. The molecule has 3 aromatic heterocycles. The van der Waals surface area contributed by atoms with Crippen LogP contribution in [-0.4, -0.2) is 43.6 Å². The molecule has 1 fully saturated rings. The third-order valence-electron chi connectivity index (χ3n) is 5.69. The molecule has 0 saturated carbocycles. The van der Waals surface area contributed by atoms with Gasteiger partial charge in [0.1, 0.15) is 17.8 Å². The molecule has 0 aliphatic carbocycles. The lowest BCUT2D eigenvalue weighted by molar-refractivity contribution is -0.127. The van der Waals surface area contributed by atoms with E-state index in [1.807, 2.05) is 27.8 Å². The highest BCUT2D eigenvalue weighted by Gasteiger charge is 2.28. The van der Waals surface area contributed by atoms with Gasteiger partial charge in [0, 0.05) is 13.1 Å². The first-order chi connectivity index (χ1) is 15.2. The fraction of sp³-hybridized carbons (Fsp3) is 0.217. The van der Waals surface area contributed by atoms with E-state index in [4.69, 9.17) is 10.8 Å². The predicted molar refractivity (Wildman–Crippen MR) is 124 cm³/mol. The van der Waals surface area contributed by atoms with E-state index >= 15 is 0 Å². The first-order valence-corrected chi connectivity index (χ1v) is 11.1. The maximum Gasteiger partial charge on any atom is 0.246 e. The van der Waals surface area contributed by atoms with Crippen molar-refractivity contribution in [3.8, 4) is 21.7 Å². The lowest BCUT2D eigenvalue weighted by Crippen LogP contribution is -2.40. The van der Waals surface area contributed by atoms with Crippen LogP contribution in [0.25, 0.3) is 32.7 Å². The van der Waals surface area contributed by atoms with Crippen molar-refractivity contribution < 1.29 is 4.79 Å². The van der Waals surface area contributed by atoms with E-state index in [0.717, 1.165) is 46.5 Å². The van der Waals surface area contributed by atoms with Crippen molar-refractivity contribution >= 4 is 34.1 Å². The Kier molecular flexibility index (Phi) is 4.99. The lowest BCUT2D eigenvalue weighted by Gasteiger charge is -2.32. The molecule has 1 amide bonds. The summed E-state index contributed by atoms with van der Waals surface area (Å²) in [6.45, 7) is 4.92. The number of nitrogen functional groups attached to an aromatic ring is 1. The molecule has 1 saturated heterocycles. The van der Waals surface area contributed by atoms with Crippen LogP contribution >= 0.6 is 11.3 Å². The molecule has 4 aromatic rings. The first kappa shape index (κ1) is 19.4. The Morgan fingerprint density at radius 2 is 2.06 bits per heavy atom. The molecular weight excluding hydrogens is 408 g/mol. The molecule has 1 aromatic carbocycles. The van der Waals surface area contributed by atoms with E-state index < -0.39 is 0 Å². The summed E-state index contributed by atoms with van der Waals surface area (Å²) in [6, 6.07) is 12.4. The van der Waals surface area contributed by atoms with Crippen LogP contribution in [-0.2, 0) is 4.79 Å². The van der Waals surface area contributed by atoms with E-state index in [0.29, 0.717) is 18.0 Å². The number of hydrogen-bond acceptors (Lipinski definition) is 6. The summed E-state index contributed by atoms with van der Waals surface area (Å²) in [6.07, 6.45) is 4.66. The molecule has 1 atom stereocenters. The molecule has 0 spiro atoms. The summed E-state index contributed by atoms with van der Waals surface area (Å²) >= 11 is 1.63. The molecule has 4 heterocycles. The number of anilines is 1. The average Bonchev–Trinajstić information content (AvgIpc) is 3.45. The number of aromatic nitrogens is 4. The molecule has 0 bridgehead atoms. The number of hydrogen-bond donors (Lipinski definition) is 1. The van der Waals surface area contributed by atoms with E-state index in [1.54, 1.807) is 11.3 Å². The van der Waals surface area contributed by atoms with E-state index in [-0.39, 0.29) is 11.9 Å². The Labute approximate surface area is 183 Å². The SMILES string of the molecule is C=CC(=O)N1CCC[C@@H](n2nc(-c3cc(-c4ccccc4)cs3)c3c(N)ncnc32)C1. The molecule has 156 valence electrons. The van der Waals surface area contributed by atoms with Gasteiger partial charge in [-0.25, -0.2) is 14.6 Å². The number of nitrogens with zero attached hydrogens (tertiary/aromatic N) is 5. The number of rotatable bonds is 4. The normalized spacial score (nSPS) is 16.5. The van der Waals surface area contributed by atoms with Crippen molar-refractivity contribution in [2.45, 2.75) is 18.9 Å². The molecule has 1 aliphatic rings. The van der Waals surface area contributed by atoms with Crippen LogP contribution in [0, 0.1) is 0 Å². The number of likely N-dealkylation sites (tertiary alicyclic amines) is 1. The molecule has 31 heavy (non-hydrogen) atoms. The van der Waals surface area contributed by atoms with E-state index in [1.165, 1.54) is 12.4 Å². The molecule has 2 N–H and O–H groups in total. The number of carbonyl (C=O) groups excluding carboxylic acids is 1. The number of amides is 1. The quantitative estimate of drug-likeness (QED) is 0.491. The van der Waals surface area contributed by atoms with Crippen LogP contribution < -0.4 is 5.73 Å². The van der Waals surface area contributed by atoms with Crippen LogP contribution in [0.4, 0.5) is 5.82 Å². The largest absolute Gasteiger partial charge is 0.383 e. The fourth-order valence-corrected chi connectivity index (χ4v) is 5.06. The second kappa shape index (κ2) is 7.96. The highest BCUT2D eigenvalue weighted by Crippen LogP contribution is 2.38. The number of piperidine rings is 1. The monoisotopic (exact) mass is 430 g/mol. The third kappa shape index (κ3) is 3.48. The number of carbonyl (C=O) groups is 1. The van der Waals surface area contributed by atoms with Crippen LogP contribution in [0.15, 0.2) is 60.8 Å². The lowest BCUT2D eigenvalue weighted by atomic mass is 10.1. The van der Waals surface area contributed by atoms with E-state index in [9.17, 15) is 4.79 Å². The van der Waals surface area contributed by atoms with Crippen LogP contribution in [0.3, 0.4) is 0 Å². The molecule has 0 unspecified atom stereocenters. The Morgan fingerprint density at radius 1 is 1.23 bits per heavy atom. The number of thiophene rings is 1. The minimum absolute atomic E-state index is 0.0248. The summed E-state index contributed by atoms with van der Waals surface area (Å²) < 4.78 is 1.92.